The van der Waals surface area contributed by atoms with Crippen LogP contribution in [0.25, 0.3) is 5.69 Å². The highest BCUT2D eigenvalue weighted by atomic mass is 19.4. The first-order chi connectivity index (χ1) is 9.82. The molecule has 1 aromatic carbocycles. The molecule has 5 nitrogen and oxygen atoms in total. The van der Waals surface area contributed by atoms with Gasteiger partial charge in [-0.1, -0.05) is 6.07 Å². The van der Waals surface area contributed by atoms with E-state index in [-0.39, 0.29) is 11.3 Å². The Morgan fingerprint density at radius 1 is 1.43 bits per heavy atom. The fourth-order valence-corrected chi connectivity index (χ4v) is 1.91. The first kappa shape index (κ1) is 15.0. The van der Waals surface area contributed by atoms with Crippen molar-refractivity contribution < 1.29 is 18.0 Å². The topological polar surface area (TPSA) is 72.9 Å². The molecule has 0 saturated heterocycles. The van der Waals surface area contributed by atoms with Gasteiger partial charge in [-0.05, 0) is 24.7 Å². The van der Waals surface area contributed by atoms with Crippen molar-refractivity contribution in [1.82, 2.24) is 15.1 Å². The third kappa shape index (κ3) is 3.22. The van der Waals surface area contributed by atoms with Crippen LogP contribution in [-0.2, 0) is 12.7 Å². The summed E-state index contributed by atoms with van der Waals surface area (Å²) in [6.07, 6.45) is -2.23. The molecule has 0 bridgehead atoms. The summed E-state index contributed by atoms with van der Waals surface area (Å²) in [6, 6.07) is 3.93. The van der Waals surface area contributed by atoms with Gasteiger partial charge in [-0.25, -0.2) is 4.68 Å². The van der Waals surface area contributed by atoms with Gasteiger partial charge in [0.05, 0.1) is 23.0 Å². The Bertz CT molecular complexity index is 664. The number of halogens is 3. The van der Waals surface area contributed by atoms with Gasteiger partial charge in [0.25, 0.3) is 5.91 Å². The molecule has 0 atom stereocenters. The number of primary amides is 1. The molecule has 2 aromatic rings. The molecule has 2 rings (SSSR count). The van der Waals surface area contributed by atoms with Crippen molar-refractivity contribution in [1.29, 1.82) is 0 Å². The Kier molecular flexibility index (Phi) is 3.99. The van der Waals surface area contributed by atoms with Gasteiger partial charge < -0.3 is 11.1 Å². The molecule has 0 aliphatic heterocycles. The molecule has 0 aliphatic rings. The zero-order valence-electron chi connectivity index (χ0n) is 11.1. The second kappa shape index (κ2) is 5.57. The molecule has 0 fully saturated rings. The number of aromatic nitrogens is 2. The van der Waals surface area contributed by atoms with E-state index in [1.165, 1.54) is 12.3 Å². The molecule has 0 unspecified atom stereocenters. The van der Waals surface area contributed by atoms with Gasteiger partial charge in [-0.2, -0.15) is 18.3 Å². The van der Waals surface area contributed by atoms with Gasteiger partial charge in [-0.3, -0.25) is 4.79 Å². The Labute approximate surface area is 118 Å². The van der Waals surface area contributed by atoms with Crippen molar-refractivity contribution >= 4 is 5.91 Å². The highest BCUT2D eigenvalue weighted by molar-refractivity contribution is 5.92. The normalized spacial score (nSPS) is 11.6. The number of carbonyl (C=O) groups excluding carboxylic acids is 1. The van der Waals surface area contributed by atoms with Crippen molar-refractivity contribution in [2.45, 2.75) is 12.7 Å². The zero-order valence-corrected chi connectivity index (χ0v) is 11.1. The van der Waals surface area contributed by atoms with Crippen LogP contribution in [-0.4, -0.2) is 22.7 Å². The van der Waals surface area contributed by atoms with Crippen LogP contribution in [0.3, 0.4) is 0 Å². The predicted molar refractivity (Wildman–Crippen MR) is 69.8 cm³/mol. The molecule has 0 radical (unpaired) electrons. The molecule has 0 spiro atoms. The number of hydrogen-bond donors (Lipinski definition) is 2. The molecular formula is C13H13F3N4O. The van der Waals surface area contributed by atoms with Crippen LogP contribution in [0.4, 0.5) is 13.2 Å². The average Bonchev–Trinajstić information content (AvgIpc) is 2.87. The summed E-state index contributed by atoms with van der Waals surface area (Å²) < 4.78 is 40.5. The number of nitrogens with one attached hydrogen (secondary N) is 1. The molecule has 21 heavy (non-hydrogen) atoms. The molecule has 0 saturated carbocycles. The highest BCUT2D eigenvalue weighted by Gasteiger charge is 2.34. The first-order valence-electron chi connectivity index (χ1n) is 6.02. The van der Waals surface area contributed by atoms with Gasteiger partial charge in [0.1, 0.15) is 0 Å². The standard InChI is InChI=1S/C13H13F3N4O/c1-18-5-8-2-3-11(10(4-8)13(14,15)16)20-7-9(6-19-20)12(17)21/h2-4,6-7,18H,5H2,1H3,(H2,17,21). The van der Waals surface area contributed by atoms with Crippen molar-refractivity contribution in [2.75, 3.05) is 7.05 Å². The van der Waals surface area contributed by atoms with E-state index in [0.29, 0.717) is 12.1 Å². The number of rotatable bonds is 4. The average molecular weight is 298 g/mol. The predicted octanol–water partition coefficient (Wildman–Crippen LogP) is 1.71. The van der Waals surface area contributed by atoms with E-state index in [1.54, 1.807) is 13.1 Å². The fraction of sp³-hybridized carbons (Fsp3) is 0.231. The number of carbonyl (C=O) groups is 1. The van der Waals surface area contributed by atoms with Crippen LogP contribution in [0, 0.1) is 0 Å². The Balaban J connectivity index is 2.53. The molecule has 0 aliphatic carbocycles. The minimum atomic E-state index is -4.53. The van der Waals surface area contributed by atoms with E-state index in [4.69, 9.17) is 5.73 Å². The Morgan fingerprint density at radius 2 is 2.14 bits per heavy atom. The zero-order chi connectivity index (χ0) is 15.6. The Morgan fingerprint density at radius 3 is 2.67 bits per heavy atom. The summed E-state index contributed by atoms with van der Waals surface area (Å²) in [7, 11) is 1.65. The summed E-state index contributed by atoms with van der Waals surface area (Å²) in [5, 5.41) is 6.55. The van der Waals surface area contributed by atoms with Gasteiger partial charge in [0.15, 0.2) is 0 Å². The van der Waals surface area contributed by atoms with E-state index in [1.807, 2.05) is 0 Å². The van der Waals surface area contributed by atoms with E-state index in [2.05, 4.69) is 10.4 Å². The maximum Gasteiger partial charge on any atom is 0.418 e. The van der Waals surface area contributed by atoms with Crippen molar-refractivity contribution in [3.05, 3.63) is 47.3 Å². The second-order valence-corrected chi connectivity index (χ2v) is 4.42. The summed E-state index contributed by atoms with van der Waals surface area (Å²) >= 11 is 0. The van der Waals surface area contributed by atoms with Crippen LogP contribution < -0.4 is 11.1 Å². The first-order valence-corrected chi connectivity index (χ1v) is 6.02. The number of alkyl halides is 3. The van der Waals surface area contributed by atoms with Crippen LogP contribution in [0.15, 0.2) is 30.6 Å². The van der Waals surface area contributed by atoms with Crippen molar-refractivity contribution in [3.8, 4) is 5.69 Å². The Hall–Kier alpha value is -2.35. The third-order valence-corrected chi connectivity index (χ3v) is 2.86. The molecule has 1 heterocycles. The lowest BCUT2D eigenvalue weighted by molar-refractivity contribution is -0.137. The minimum absolute atomic E-state index is 0.0439. The number of benzene rings is 1. The second-order valence-electron chi connectivity index (χ2n) is 4.42. The molecule has 8 heteroatoms. The summed E-state index contributed by atoms with van der Waals surface area (Å²) in [4.78, 5) is 11.0. The van der Waals surface area contributed by atoms with E-state index in [9.17, 15) is 18.0 Å². The molecule has 112 valence electrons. The smallest absolute Gasteiger partial charge is 0.366 e. The van der Waals surface area contributed by atoms with Crippen LogP contribution >= 0.6 is 0 Å². The van der Waals surface area contributed by atoms with Crippen LogP contribution in [0.2, 0.25) is 0 Å². The lowest BCUT2D eigenvalue weighted by Crippen LogP contribution is -2.14. The fourth-order valence-electron chi connectivity index (χ4n) is 1.91. The van der Waals surface area contributed by atoms with E-state index < -0.39 is 17.6 Å². The third-order valence-electron chi connectivity index (χ3n) is 2.86. The number of amides is 1. The number of nitrogens with two attached hydrogens (primary N) is 1. The largest absolute Gasteiger partial charge is 0.418 e. The van der Waals surface area contributed by atoms with Gasteiger partial charge in [-0.15, -0.1) is 0 Å². The maximum absolute atomic E-state index is 13.2. The monoisotopic (exact) mass is 298 g/mol. The van der Waals surface area contributed by atoms with Gasteiger partial charge >= 0.3 is 6.18 Å². The SMILES string of the molecule is CNCc1ccc(-n2cc(C(N)=O)cn2)c(C(F)(F)F)c1. The summed E-state index contributed by atoms with van der Waals surface area (Å²) in [6.45, 7) is 0.314. The maximum atomic E-state index is 13.2. The van der Waals surface area contributed by atoms with Crippen molar-refractivity contribution in [3.63, 3.8) is 0 Å². The summed E-state index contributed by atoms with van der Waals surface area (Å²) in [5.74, 6) is -0.749. The van der Waals surface area contributed by atoms with E-state index in [0.717, 1.165) is 16.9 Å². The van der Waals surface area contributed by atoms with Crippen LogP contribution in [0.5, 0.6) is 0 Å². The number of hydrogen-bond acceptors (Lipinski definition) is 3. The quantitative estimate of drug-likeness (QED) is 0.902. The van der Waals surface area contributed by atoms with Gasteiger partial charge in [0.2, 0.25) is 0 Å². The molecule has 3 N–H and O–H groups in total. The lowest BCUT2D eigenvalue weighted by Gasteiger charge is -2.14. The highest BCUT2D eigenvalue weighted by Crippen LogP contribution is 2.34. The number of nitrogens with zero attached hydrogens (tertiary/aromatic N) is 2. The molecular weight excluding hydrogens is 285 g/mol. The van der Waals surface area contributed by atoms with Crippen LogP contribution in [0.1, 0.15) is 21.5 Å². The molecule has 1 amide bonds. The van der Waals surface area contributed by atoms with Gasteiger partial charge in [0, 0.05) is 12.7 Å². The lowest BCUT2D eigenvalue weighted by atomic mass is 10.1. The van der Waals surface area contributed by atoms with E-state index >= 15 is 0 Å². The molecule has 1 aromatic heterocycles. The van der Waals surface area contributed by atoms with Crippen molar-refractivity contribution in [2.24, 2.45) is 5.73 Å². The summed E-state index contributed by atoms with van der Waals surface area (Å²) in [5.41, 5.74) is 4.63. The minimum Gasteiger partial charge on any atom is -0.366 e.